The molecule has 0 amide bonds. The fraction of sp³-hybridized carbons (Fsp3) is 0.769. The summed E-state index contributed by atoms with van der Waals surface area (Å²) in [4.78, 5) is 10.0. The van der Waals surface area contributed by atoms with Gasteiger partial charge in [-0.15, -0.1) is 0 Å². The largest absolute Gasteiger partial charge is 0.481 e. The number of hydrogen-bond acceptors (Lipinski definition) is 1. The monoisotopic (exact) mass is 214 g/mol. The lowest BCUT2D eigenvalue weighted by Crippen LogP contribution is -2.18. The minimum Gasteiger partial charge on any atom is -0.481 e. The molecule has 0 aromatic heterocycles. The number of unbranched alkanes of at least 4 members (excludes halogenated alkanes) is 3. The van der Waals surface area contributed by atoms with Crippen molar-refractivity contribution in [2.75, 3.05) is 0 Å². The zero-order chi connectivity index (χ0) is 12.3. The molecule has 0 radical (unpaired) electrons. The molecule has 0 aromatic carbocycles. The highest BCUT2D eigenvalue weighted by Gasteiger charge is 2.18. The van der Waals surface area contributed by atoms with Crippen molar-refractivity contribution < 1.29 is 9.90 Å². The van der Waals surface area contributed by atoms with Crippen LogP contribution in [0.1, 0.15) is 60.3 Å². The SMILES string of the molecule is CC(C)(C)C(=O)O.CC=CCCCCC. The quantitative estimate of drug-likeness (QED) is 0.561. The van der Waals surface area contributed by atoms with E-state index in [1.807, 2.05) is 0 Å². The van der Waals surface area contributed by atoms with E-state index < -0.39 is 11.4 Å². The summed E-state index contributed by atoms with van der Waals surface area (Å²) in [5, 5.41) is 8.25. The number of allylic oxidation sites excluding steroid dienone is 2. The van der Waals surface area contributed by atoms with Gasteiger partial charge in [0.05, 0.1) is 5.41 Å². The molecule has 0 saturated heterocycles. The van der Waals surface area contributed by atoms with Gasteiger partial charge in [0.2, 0.25) is 0 Å². The van der Waals surface area contributed by atoms with Gasteiger partial charge in [-0.25, -0.2) is 0 Å². The summed E-state index contributed by atoms with van der Waals surface area (Å²) in [6.07, 6.45) is 9.69. The standard InChI is InChI=1S/C8H16.C5H10O2/c1-3-5-7-8-6-4-2;1-5(2,3)4(6)7/h3,5H,4,6-8H2,1-2H3;1-3H3,(H,6,7). The van der Waals surface area contributed by atoms with Crippen molar-refractivity contribution in [1.29, 1.82) is 0 Å². The summed E-state index contributed by atoms with van der Waals surface area (Å²) in [6.45, 7) is 9.29. The lowest BCUT2D eigenvalue weighted by molar-refractivity contribution is -0.145. The second kappa shape index (κ2) is 9.75. The Labute approximate surface area is 94.4 Å². The molecule has 0 unspecified atom stereocenters. The van der Waals surface area contributed by atoms with Gasteiger partial charge in [-0.2, -0.15) is 0 Å². The maximum absolute atomic E-state index is 10.0. The molecule has 2 heteroatoms. The third kappa shape index (κ3) is 15.9. The van der Waals surface area contributed by atoms with Gasteiger partial charge in [0.15, 0.2) is 0 Å². The van der Waals surface area contributed by atoms with E-state index in [-0.39, 0.29) is 0 Å². The highest BCUT2D eigenvalue weighted by atomic mass is 16.4. The van der Waals surface area contributed by atoms with Crippen molar-refractivity contribution in [2.45, 2.75) is 60.3 Å². The van der Waals surface area contributed by atoms with Crippen molar-refractivity contribution in [1.82, 2.24) is 0 Å². The maximum atomic E-state index is 10.0. The van der Waals surface area contributed by atoms with Crippen molar-refractivity contribution in [2.24, 2.45) is 5.41 Å². The van der Waals surface area contributed by atoms with Gasteiger partial charge in [-0.1, -0.05) is 31.9 Å². The van der Waals surface area contributed by atoms with E-state index >= 15 is 0 Å². The summed E-state index contributed by atoms with van der Waals surface area (Å²) in [5.41, 5.74) is -0.583. The van der Waals surface area contributed by atoms with Crippen LogP contribution in [0.2, 0.25) is 0 Å². The van der Waals surface area contributed by atoms with Crippen LogP contribution in [0.4, 0.5) is 0 Å². The molecule has 0 atom stereocenters. The van der Waals surface area contributed by atoms with E-state index in [1.165, 1.54) is 25.7 Å². The van der Waals surface area contributed by atoms with E-state index in [0.717, 1.165) is 0 Å². The molecule has 0 rings (SSSR count). The van der Waals surface area contributed by atoms with Crippen molar-refractivity contribution >= 4 is 5.97 Å². The van der Waals surface area contributed by atoms with Crippen molar-refractivity contribution in [3.8, 4) is 0 Å². The second-order valence-electron chi connectivity index (χ2n) is 4.62. The Morgan fingerprint density at radius 2 is 1.73 bits per heavy atom. The van der Waals surface area contributed by atoms with Crippen molar-refractivity contribution in [3.05, 3.63) is 12.2 Å². The topological polar surface area (TPSA) is 37.3 Å². The minimum absolute atomic E-state index is 0.583. The Bertz CT molecular complexity index is 175. The lowest BCUT2D eigenvalue weighted by Gasteiger charge is -2.08. The number of aliphatic carboxylic acids is 1. The van der Waals surface area contributed by atoms with Gasteiger partial charge in [0, 0.05) is 0 Å². The molecule has 0 aliphatic rings. The Balaban J connectivity index is 0. The Hall–Kier alpha value is -0.790. The minimum atomic E-state index is -0.757. The van der Waals surface area contributed by atoms with Gasteiger partial charge in [0.25, 0.3) is 0 Å². The normalized spacial score (nSPS) is 11.0. The average Bonchev–Trinajstić information content (AvgIpc) is 2.12. The van der Waals surface area contributed by atoms with Crippen LogP contribution in [0.15, 0.2) is 12.2 Å². The van der Waals surface area contributed by atoms with Crippen LogP contribution in [0.5, 0.6) is 0 Å². The van der Waals surface area contributed by atoms with E-state index in [1.54, 1.807) is 20.8 Å². The molecule has 15 heavy (non-hydrogen) atoms. The Morgan fingerprint density at radius 3 is 2.00 bits per heavy atom. The molecule has 90 valence electrons. The van der Waals surface area contributed by atoms with E-state index in [0.29, 0.717) is 0 Å². The number of carboxylic acid groups (broad SMARTS) is 1. The van der Waals surface area contributed by atoms with Crippen LogP contribution >= 0.6 is 0 Å². The zero-order valence-electron chi connectivity index (χ0n) is 10.8. The molecule has 0 saturated carbocycles. The first-order chi connectivity index (χ1) is 6.86. The number of rotatable bonds is 4. The third-order valence-corrected chi connectivity index (χ3v) is 1.85. The molecular weight excluding hydrogens is 188 g/mol. The van der Waals surface area contributed by atoms with E-state index in [4.69, 9.17) is 5.11 Å². The first kappa shape index (κ1) is 16.6. The Morgan fingerprint density at radius 1 is 1.27 bits per heavy atom. The smallest absolute Gasteiger partial charge is 0.308 e. The van der Waals surface area contributed by atoms with Gasteiger partial charge in [0.1, 0.15) is 0 Å². The summed E-state index contributed by atoms with van der Waals surface area (Å²) in [5.74, 6) is -0.757. The molecule has 0 heterocycles. The lowest BCUT2D eigenvalue weighted by atomic mass is 9.98. The first-order valence-corrected chi connectivity index (χ1v) is 5.70. The molecule has 0 aromatic rings. The summed E-state index contributed by atoms with van der Waals surface area (Å²) in [6, 6.07) is 0. The van der Waals surface area contributed by atoms with Gasteiger partial charge in [-0.3, -0.25) is 4.79 Å². The van der Waals surface area contributed by atoms with Crippen LogP contribution in [-0.2, 0) is 4.79 Å². The van der Waals surface area contributed by atoms with Crippen LogP contribution in [-0.4, -0.2) is 11.1 Å². The number of carboxylic acids is 1. The van der Waals surface area contributed by atoms with Crippen LogP contribution in [0.25, 0.3) is 0 Å². The fourth-order valence-corrected chi connectivity index (χ4v) is 0.679. The number of hydrogen-bond donors (Lipinski definition) is 1. The van der Waals surface area contributed by atoms with Gasteiger partial charge >= 0.3 is 5.97 Å². The molecule has 0 fully saturated rings. The van der Waals surface area contributed by atoms with Crippen LogP contribution < -0.4 is 0 Å². The maximum Gasteiger partial charge on any atom is 0.308 e. The van der Waals surface area contributed by atoms with Crippen LogP contribution in [0, 0.1) is 5.41 Å². The molecular formula is C13H26O2. The highest BCUT2D eigenvalue weighted by Crippen LogP contribution is 2.11. The average molecular weight is 214 g/mol. The van der Waals surface area contributed by atoms with Crippen LogP contribution in [0.3, 0.4) is 0 Å². The summed E-state index contributed by atoms with van der Waals surface area (Å²) in [7, 11) is 0. The third-order valence-electron chi connectivity index (χ3n) is 1.85. The molecule has 0 spiro atoms. The fourth-order valence-electron chi connectivity index (χ4n) is 0.679. The molecule has 0 bridgehead atoms. The Kier molecular flexibility index (Phi) is 10.8. The zero-order valence-corrected chi connectivity index (χ0v) is 10.8. The highest BCUT2D eigenvalue weighted by molar-refractivity contribution is 5.72. The van der Waals surface area contributed by atoms with Gasteiger partial charge < -0.3 is 5.11 Å². The first-order valence-electron chi connectivity index (χ1n) is 5.70. The second-order valence-corrected chi connectivity index (χ2v) is 4.62. The summed E-state index contributed by atoms with van der Waals surface area (Å²) < 4.78 is 0. The molecule has 2 nitrogen and oxygen atoms in total. The molecule has 1 N–H and O–H groups in total. The molecule has 0 aliphatic heterocycles. The van der Waals surface area contributed by atoms with Crippen molar-refractivity contribution in [3.63, 3.8) is 0 Å². The predicted molar refractivity (Wildman–Crippen MR) is 66.0 cm³/mol. The van der Waals surface area contributed by atoms with E-state index in [2.05, 4.69) is 26.0 Å². The predicted octanol–water partition coefficient (Wildman–Crippen LogP) is 4.26. The van der Waals surface area contributed by atoms with E-state index in [9.17, 15) is 4.79 Å². The molecule has 0 aliphatic carbocycles. The van der Waals surface area contributed by atoms with Gasteiger partial charge in [-0.05, 0) is 40.5 Å². The summed E-state index contributed by atoms with van der Waals surface area (Å²) >= 11 is 0. The number of carbonyl (C=O) groups is 1.